The van der Waals surface area contributed by atoms with Crippen molar-refractivity contribution in [3.8, 4) is 22.8 Å². The number of nitrogens with two attached hydrogens (primary N) is 2. The summed E-state index contributed by atoms with van der Waals surface area (Å²) < 4.78 is 12.0. The lowest BCUT2D eigenvalue weighted by molar-refractivity contribution is 0.395. The number of hydrogen-bond donors (Lipinski definition) is 2. The van der Waals surface area contributed by atoms with Gasteiger partial charge in [-0.05, 0) is 18.6 Å². The zero-order valence-corrected chi connectivity index (χ0v) is 12.0. The Morgan fingerprint density at radius 1 is 1.25 bits per heavy atom. The van der Waals surface area contributed by atoms with Crippen molar-refractivity contribution >= 4 is 5.82 Å². The Morgan fingerprint density at radius 3 is 2.60 bits per heavy atom. The van der Waals surface area contributed by atoms with Crippen molar-refractivity contribution in [2.24, 2.45) is 0 Å². The lowest BCUT2D eigenvalue weighted by Gasteiger charge is -2.09. The van der Waals surface area contributed by atoms with Crippen LogP contribution in [0.3, 0.4) is 0 Å². The quantitative estimate of drug-likeness (QED) is 0.813. The second-order valence-corrected chi connectivity index (χ2v) is 4.45. The van der Waals surface area contributed by atoms with E-state index in [1.807, 2.05) is 12.1 Å². The fraction of sp³-hybridized carbons (Fsp3) is 0.357. The van der Waals surface area contributed by atoms with Gasteiger partial charge in [-0.3, -0.25) is 0 Å². The second-order valence-electron chi connectivity index (χ2n) is 4.45. The Morgan fingerprint density at radius 2 is 2.00 bits per heavy atom. The van der Waals surface area contributed by atoms with Crippen LogP contribution in [0.25, 0.3) is 11.3 Å². The number of aryl methyl sites for hydroxylation is 1. The molecule has 1 heterocycles. The number of nitrogens with zero attached hydrogens (tertiary/aromatic N) is 2. The second kappa shape index (κ2) is 5.73. The van der Waals surface area contributed by atoms with Gasteiger partial charge in [0.1, 0.15) is 23.0 Å². The van der Waals surface area contributed by atoms with Crippen molar-refractivity contribution in [3.63, 3.8) is 0 Å². The zero-order valence-electron chi connectivity index (χ0n) is 12.0. The SMILES string of the molecule is CCCc1nc(-c2ccc(OC)cc2OC)c(N)n1N. The average Bonchev–Trinajstić information content (AvgIpc) is 2.75. The molecule has 0 amide bonds. The molecule has 0 bridgehead atoms. The number of nitrogen functional groups attached to an aromatic ring is 2. The fourth-order valence-corrected chi connectivity index (χ4v) is 2.09. The van der Waals surface area contributed by atoms with Crippen molar-refractivity contribution in [1.82, 2.24) is 9.66 Å². The molecule has 108 valence electrons. The molecule has 0 radical (unpaired) electrons. The molecule has 0 spiro atoms. The highest BCUT2D eigenvalue weighted by Gasteiger charge is 2.17. The minimum absolute atomic E-state index is 0.428. The van der Waals surface area contributed by atoms with E-state index in [1.165, 1.54) is 4.68 Å². The Labute approximate surface area is 118 Å². The van der Waals surface area contributed by atoms with Crippen molar-refractivity contribution in [2.45, 2.75) is 19.8 Å². The smallest absolute Gasteiger partial charge is 0.150 e. The lowest BCUT2D eigenvalue weighted by Crippen LogP contribution is -2.15. The van der Waals surface area contributed by atoms with Crippen molar-refractivity contribution < 1.29 is 9.47 Å². The van der Waals surface area contributed by atoms with Crippen LogP contribution in [0.1, 0.15) is 19.2 Å². The van der Waals surface area contributed by atoms with Crippen LogP contribution in [-0.4, -0.2) is 23.9 Å². The molecule has 0 aliphatic rings. The molecule has 4 N–H and O–H groups in total. The summed E-state index contributed by atoms with van der Waals surface area (Å²) in [6, 6.07) is 5.50. The van der Waals surface area contributed by atoms with E-state index in [1.54, 1.807) is 20.3 Å². The number of imidazole rings is 1. The topological polar surface area (TPSA) is 88.3 Å². The molecule has 0 fully saturated rings. The molecule has 1 aromatic carbocycles. The van der Waals surface area contributed by atoms with E-state index in [2.05, 4.69) is 11.9 Å². The van der Waals surface area contributed by atoms with E-state index in [0.29, 0.717) is 23.0 Å². The molecule has 0 aliphatic heterocycles. The highest BCUT2D eigenvalue weighted by atomic mass is 16.5. The number of anilines is 1. The monoisotopic (exact) mass is 276 g/mol. The van der Waals surface area contributed by atoms with Gasteiger partial charge in [0.2, 0.25) is 0 Å². The number of aromatic nitrogens is 2. The fourth-order valence-electron chi connectivity index (χ4n) is 2.09. The maximum atomic E-state index is 6.05. The number of benzene rings is 1. The highest BCUT2D eigenvalue weighted by molar-refractivity contribution is 5.77. The molecule has 6 heteroatoms. The lowest BCUT2D eigenvalue weighted by atomic mass is 10.1. The van der Waals surface area contributed by atoms with Crippen molar-refractivity contribution in [3.05, 3.63) is 24.0 Å². The summed E-state index contributed by atoms with van der Waals surface area (Å²) in [4.78, 5) is 4.53. The van der Waals surface area contributed by atoms with E-state index < -0.39 is 0 Å². The number of hydrogen-bond acceptors (Lipinski definition) is 5. The van der Waals surface area contributed by atoms with Crippen LogP contribution in [0.2, 0.25) is 0 Å². The molecule has 6 nitrogen and oxygen atoms in total. The molecular formula is C14H20N4O2. The summed E-state index contributed by atoms with van der Waals surface area (Å²) >= 11 is 0. The highest BCUT2D eigenvalue weighted by Crippen LogP contribution is 2.35. The standard InChI is InChI=1S/C14H20N4O2/c1-4-5-12-17-13(14(15)18(12)16)10-7-6-9(19-2)8-11(10)20-3/h6-8H,4-5,15-16H2,1-3H3. The van der Waals surface area contributed by atoms with E-state index >= 15 is 0 Å². The first-order valence-corrected chi connectivity index (χ1v) is 6.46. The normalized spacial score (nSPS) is 10.6. The van der Waals surface area contributed by atoms with Gasteiger partial charge in [0.15, 0.2) is 5.82 Å². The van der Waals surface area contributed by atoms with Crippen LogP contribution in [-0.2, 0) is 6.42 Å². The van der Waals surface area contributed by atoms with Gasteiger partial charge in [-0.15, -0.1) is 0 Å². The molecule has 1 aromatic heterocycles. The van der Waals surface area contributed by atoms with Gasteiger partial charge >= 0.3 is 0 Å². The third kappa shape index (κ3) is 2.36. The Bertz CT molecular complexity index is 607. The van der Waals surface area contributed by atoms with Crippen molar-refractivity contribution in [1.29, 1.82) is 0 Å². The third-order valence-electron chi connectivity index (χ3n) is 3.16. The Kier molecular flexibility index (Phi) is 4.02. The summed E-state index contributed by atoms with van der Waals surface area (Å²) in [5.41, 5.74) is 7.48. The van der Waals surface area contributed by atoms with Gasteiger partial charge in [-0.25, -0.2) is 9.66 Å². The van der Waals surface area contributed by atoms with Crippen LogP contribution < -0.4 is 21.1 Å². The van der Waals surface area contributed by atoms with Crippen molar-refractivity contribution in [2.75, 3.05) is 25.8 Å². The van der Waals surface area contributed by atoms with Gasteiger partial charge in [-0.1, -0.05) is 6.92 Å². The van der Waals surface area contributed by atoms with Crippen LogP contribution in [0.15, 0.2) is 18.2 Å². The molecule has 2 rings (SSSR count). The number of rotatable bonds is 5. The molecule has 0 saturated heterocycles. The number of ether oxygens (including phenoxy) is 2. The summed E-state index contributed by atoms with van der Waals surface area (Å²) in [7, 11) is 3.21. The summed E-state index contributed by atoms with van der Waals surface area (Å²) in [6.45, 7) is 2.07. The minimum atomic E-state index is 0.428. The van der Waals surface area contributed by atoms with Gasteiger partial charge in [0.25, 0.3) is 0 Å². The predicted octanol–water partition coefficient (Wildman–Crippen LogP) is 1.82. The Hall–Kier alpha value is -2.37. The largest absolute Gasteiger partial charge is 0.497 e. The van der Waals surface area contributed by atoms with Crippen LogP contribution >= 0.6 is 0 Å². The molecular weight excluding hydrogens is 256 g/mol. The summed E-state index contributed by atoms with van der Waals surface area (Å²) in [5, 5.41) is 0. The van der Waals surface area contributed by atoms with Crippen LogP contribution in [0.5, 0.6) is 11.5 Å². The molecule has 20 heavy (non-hydrogen) atoms. The maximum absolute atomic E-state index is 6.05. The van der Waals surface area contributed by atoms with Gasteiger partial charge in [-0.2, -0.15) is 0 Å². The molecule has 0 aliphatic carbocycles. The third-order valence-corrected chi connectivity index (χ3v) is 3.16. The van der Waals surface area contributed by atoms with E-state index in [4.69, 9.17) is 21.1 Å². The Balaban J connectivity index is 2.53. The summed E-state index contributed by atoms with van der Waals surface area (Å²) in [6.07, 6.45) is 1.73. The predicted molar refractivity (Wildman–Crippen MR) is 79.3 cm³/mol. The first-order chi connectivity index (χ1) is 9.62. The van der Waals surface area contributed by atoms with Gasteiger partial charge in [0, 0.05) is 18.1 Å². The minimum Gasteiger partial charge on any atom is -0.497 e. The van der Waals surface area contributed by atoms with Crippen LogP contribution in [0, 0.1) is 0 Å². The molecule has 2 aromatic rings. The molecule has 0 unspecified atom stereocenters. The van der Waals surface area contributed by atoms with Gasteiger partial charge in [0.05, 0.1) is 14.2 Å². The summed E-state index contributed by atoms with van der Waals surface area (Å²) in [5.74, 6) is 8.49. The number of methoxy groups -OCH3 is 2. The maximum Gasteiger partial charge on any atom is 0.150 e. The van der Waals surface area contributed by atoms with Gasteiger partial charge < -0.3 is 21.1 Å². The first kappa shape index (κ1) is 14.0. The average molecular weight is 276 g/mol. The first-order valence-electron chi connectivity index (χ1n) is 6.46. The zero-order chi connectivity index (χ0) is 14.7. The molecule has 0 atom stereocenters. The van der Waals surface area contributed by atoms with Crippen LogP contribution in [0.4, 0.5) is 5.82 Å². The van der Waals surface area contributed by atoms with E-state index in [9.17, 15) is 0 Å². The molecule has 0 saturated carbocycles. The van der Waals surface area contributed by atoms with E-state index in [-0.39, 0.29) is 0 Å². The van der Waals surface area contributed by atoms with E-state index in [0.717, 1.165) is 24.2 Å².